The summed E-state index contributed by atoms with van der Waals surface area (Å²) in [5, 5.41) is 9.86. The normalized spacial score (nSPS) is 14.8. The van der Waals surface area contributed by atoms with Crippen LogP contribution in [-0.2, 0) is 18.3 Å². The fourth-order valence-electron chi connectivity index (χ4n) is 4.07. The number of hydrogen-bond acceptors (Lipinski definition) is 6. The molecule has 0 aromatic rings. The molecule has 0 heterocycles. The van der Waals surface area contributed by atoms with Crippen molar-refractivity contribution in [1.82, 2.24) is 0 Å². The molecule has 0 fully saturated rings. The molecular formula is C30H62NO6P. The van der Waals surface area contributed by atoms with E-state index in [1.54, 1.807) is 0 Å². The van der Waals surface area contributed by atoms with E-state index in [9.17, 15) is 14.6 Å². The molecule has 0 rings (SSSR count). The Morgan fingerprint density at radius 2 is 1.18 bits per heavy atom. The van der Waals surface area contributed by atoms with Gasteiger partial charge in [-0.15, -0.1) is 0 Å². The molecule has 0 radical (unpaired) electrons. The van der Waals surface area contributed by atoms with Crippen molar-refractivity contribution >= 4 is 7.82 Å². The number of unbranched alkanes of at least 4 members (excludes halogenated alkanes) is 16. The lowest BCUT2D eigenvalue weighted by molar-refractivity contribution is -0.870. The Kier molecular flexibility index (Phi) is 25.5. The van der Waals surface area contributed by atoms with E-state index in [4.69, 9.17) is 13.8 Å². The molecule has 0 aliphatic rings. The smallest absolute Gasteiger partial charge is 0.268 e. The fourth-order valence-corrected chi connectivity index (χ4v) is 4.80. The summed E-state index contributed by atoms with van der Waals surface area (Å²) in [7, 11) is 1.44. The van der Waals surface area contributed by atoms with Crippen LogP contribution in [0.1, 0.15) is 122 Å². The van der Waals surface area contributed by atoms with E-state index in [1.165, 1.54) is 103 Å². The van der Waals surface area contributed by atoms with Crippen LogP contribution < -0.4 is 4.89 Å². The van der Waals surface area contributed by atoms with Crippen LogP contribution in [0.2, 0.25) is 0 Å². The van der Waals surface area contributed by atoms with Crippen LogP contribution in [-0.4, -0.2) is 69.8 Å². The quantitative estimate of drug-likeness (QED) is 0.0449. The van der Waals surface area contributed by atoms with Crippen LogP contribution in [0.3, 0.4) is 0 Å². The van der Waals surface area contributed by atoms with Gasteiger partial charge >= 0.3 is 0 Å². The second-order valence-electron chi connectivity index (χ2n) is 11.7. The first-order valence-electron chi connectivity index (χ1n) is 15.5. The predicted octanol–water partition coefficient (Wildman–Crippen LogP) is 7.17. The number of allylic oxidation sites excluding steroid dienone is 2. The van der Waals surface area contributed by atoms with Crippen LogP contribution in [0.5, 0.6) is 0 Å². The lowest BCUT2D eigenvalue weighted by Crippen LogP contribution is -2.37. The van der Waals surface area contributed by atoms with Gasteiger partial charge in [-0.25, -0.2) is 0 Å². The molecule has 0 bridgehead atoms. The van der Waals surface area contributed by atoms with Gasteiger partial charge in [-0.2, -0.15) is 0 Å². The Bertz CT molecular complexity index is 582. The van der Waals surface area contributed by atoms with Crippen molar-refractivity contribution in [2.45, 2.75) is 129 Å². The number of rotatable bonds is 29. The fraction of sp³-hybridized carbons (Fsp3) is 0.933. The highest BCUT2D eigenvalue weighted by molar-refractivity contribution is 7.45. The summed E-state index contributed by atoms with van der Waals surface area (Å²) in [4.78, 5) is 11.7. The number of phosphoric acid groups is 1. The highest BCUT2D eigenvalue weighted by Gasteiger charge is 2.15. The second kappa shape index (κ2) is 25.7. The number of hydrogen-bond donors (Lipinski definition) is 1. The summed E-state index contributed by atoms with van der Waals surface area (Å²) < 4.78 is 27.3. The van der Waals surface area contributed by atoms with Gasteiger partial charge in [-0.1, -0.05) is 103 Å². The molecule has 7 nitrogen and oxygen atoms in total. The summed E-state index contributed by atoms with van der Waals surface area (Å²) in [6, 6.07) is 0. The van der Waals surface area contributed by atoms with E-state index in [-0.39, 0.29) is 19.8 Å². The van der Waals surface area contributed by atoms with E-state index < -0.39 is 13.9 Å². The monoisotopic (exact) mass is 563 g/mol. The second-order valence-corrected chi connectivity index (χ2v) is 13.1. The van der Waals surface area contributed by atoms with E-state index in [0.29, 0.717) is 17.6 Å². The van der Waals surface area contributed by atoms with Crippen LogP contribution >= 0.6 is 7.82 Å². The van der Waals surface area contributed by atoms with Crippen molar-refractivity contribution in [2.24, 2.45) is 0 Å². The zero-order valence-corrected chi connectivity index (χ0v) is 26.3. The topological polar surface area (TPSA) is 88.0 Å². The minimum atomic E-state index is -4.39. The third kappa shape index (κ3) is 30.3. The maximum absolute atomic E-state index is 11.7. The van der Waals surface area contributed by atoms with Crippen LogP contribution in [0.15, 0.2) is 12.2 Å². The number of ether oxygens (including phenoxy) is 1. The maximum Gasteiger partial charge on any atom is 0.268 e. The molecule has 2 atom stereocenters. The molecule has 8 heteroatoms. The Morgan fingerprint density at radius 3 is 1.68 bits per heavy atom. The molecule has 0 aromatic carbocycles. The number of likely N-dealkylation sites (N-methyl/N-ethyl adjacent to an activating group) is 1. The van der Waals surface area contributed by atoms with Crippen LogP contribution in [0, 0.1) is 0 Å². The average Bonchev–Trinajstić information content (AvgIpc) is 2.85. The Morgan fingerprint density at radius 1 is 0.711 bits per heavy atom. The maximum atomic E-state index is 11.7. The van der Waals surface area contributed by atoms with E-state index in [2.05, 4.69) is 19.1 Å². The lowest BCUT2D eigenvalue weighted by atomic mass is 10.1. The third-order valence-electron chi connectivity index (χ3n) is 6.55. The molecule has 228 valence electrons. The van der Waals surface area contributed by atoms with E-state index in [1.807, 2.05) is 21.1 Å². The molecule has 0 saturated carbocycles. The van der Waals surface area contributed by atoms with E-state index >= 15 is 0 Å². The zero-order valence-electron chi connectivity index (χ0n) is 25.4. The predicted molar refractivity (Wildman–Crippen MR) is 157 cm³/mol. The number of nitrogens with zero attached hydrogens (tertiary/aromatic N) is 1. The van der Waals surface area contributed by atoms with Gasteiger partial charge in [0.25, 0.3) is 7.82 Å². The van der Waals surface area contributed by atoms with Gasteiger partial charge in [0, 0.05) is 6.61 Å². The molecular weight excluding hydrogens is 501 g/mol. The van der Waals surface area contributed by atoms with Crippen molar-refractivity contribution in [3.63, 3.8) is 0 Å². The molecule has 0 spiro atoms. The van der Waals surface area contributed by atoms with Gasteiger partial charge in [-0.3, -0.25) is 4.57 Å². The van der Waals surface area contributed by atoms with Gasteiger partial charge in [0.05, 0.1) is 34.4 Å². The van der Waals surface area contributed by atoms with Gasteiger partial charge in [0.15, 0.2) is 0 Å². The molecule has 0 amide bonds. The highest BCUT2D eigenvalue weighted by Crippen LogP contribution is 2.38. The summed E-state index contributed by atoms with van der Waals surface area (Å²) in [6.45, 7) is 3.15. The number of phosphoric ester groups is 1. The minimum Gasteiger partial charge on any atom is -0.756 e. The number of aliphatic hydroxyl groups excluding tert-OH is 1. The highest BCUT2D eigenvalue weighted by atomic mass is 31.2. The Balaban J connectivity index is 3.36. The van der Waals surface area contributed by atoms with Crippen molar-refractivity contribution in [3.8, 4) is 0 Å². The van der Waals surface area contributed by atoms with Gasteiger partial charge in [-0.05, 0) is 32.1 Å². The first kappa shape index (κ1) is 37.7. The Labute approximate surface area is 235 Å². The van der Waals surface area contributed by atoms with Crippen LogP contribution in [0.4, 0.5) is 0 Å². The van der Waals surface area contributed by atoms with E-state index in [0.717, 1.165) is 12.8 Å². The van der Waals surface area contributed by atoms with Gasteiger partial charge in [0.1, 0.15) is 19.3 Å². The summed E-state index contributed by atoms with van der Waals surface area (Å²) in [6.07, 6.45) is 27.2. The zero-order chi connectivity index (χ0) is 28.4. The van der Waals surface area contributed by atoms with Crippen molar-refractivity contribution < 1.29 is 32.8 Å². The molecule has 0 aliphatic carbocycles. The minimum absolute atomic E-state index is 0.0497. The first-order valence-corrected chi connectivity index (χ1v) is 16.9. The third-order valence-corrected chi connectivity index (χ3v) is 7.51. The molecule has 0 aliphatic heterocycles. The number of aliphatic hydroxyl groups is 1. The molecule has 1 N–H and O–H groups in total. The SMILES string of the molecule is CCCCCCCC/C=C\CCCCCCCCCCCCOCC(O)COP(=O)([O-])OCC[N+](C)(C)C. The van der Waals surface area contributed by atoms with Crippen molar-refractivity contribution in [2.75, 3.05) is 54.1 Å². The molecule has 0 saturated heterocycles. The Hall–Kier alpha value is -0.270. The summed E-state index contributed by atoms with van der Waals surface area (Å²) >= 11 is 0. The van der Waals surface area contributed by atoms with Gasteiger partial charge in [0.2, 0.25) is 0 Å². The molecule has 2 unspecified atom stereocenters. The van der Waals surface area contributed by atoms with Crippen molar-refractivity contribution in [3.05, 3.63) is 12.2 Å². The molecule has 38 heavy (non-hydrogen) atoms. The standard InChI is InChI=1S/C30H62NO6P/c1-5-6-7-8-9-10-11-12-13-14-15-16-17-18-19-20-21-22-23-24-26-35-28-30(32)29-37-38(33,34)36-27-25-31(2,3)4/h12-13,30,32H,5-11,14-29H2,1-4H3/b13-12-. The lowest BCUT2D eigenvalue weighted by Gasteiger charge is -2.27. The van der Waals surface area contributed by atoms with Crippen molar-refractivity contribution in [1.29, 1.82) is 0 Å². The largest absolute Gasteiger partial charge is 0.756 e. The molecule has 0 aromatic heterocycles. The van der Waals surface area contributed by atoms with Gasteiger partial charge < -0.3 is 28.3 Å². The summed E-state index contributed by atoms with van der Waals surface area (Å²) in [5.74, 6) is 0. The summed E-state index contributed by atoms with van der Waals surface area (Å²) in [5.41, 5.74) is 0. The number of quaternary nitrogens is 1. The average molecular weight is 564 g/mol. The van der Waals surface area contributed by atoms with Crippen LogP contribution in [0.25, 0.3) is 0 Å². The first-order chi connectivity index (χ1) is 18.2.